The standard InChI is InChI=1S/C24H26N2.C6H13N/c1-6-17-8-9-22(18(7-2)12-17)21-13-20(15-25-16-21)19-10-11-26-23(14-19)24(3,4)5;1-6(2)4-5-7(6)3/h6,8-16H,1,7H2,2-5H3;4-5H2,1-3H3. The molecule has 33 heavy (non-hydrogen) atoms. The van der Waals surface area contributed by atoms with Crippen molar-refractivity contribution in [1.82, 2.24) is 14.9 Å². The third-order valence-corrected chi connectivity index (χ3v) is 6.75. The smallest absolute Gasteiger partial charge is 0.0463 e. The van der Waals surface area contributed by atoms with E-state index in [-0.39, 0.29) is 5.41 Å². The molecule has 1 aliphatic rings. The summed E-state index contributed by atoms with van der Waals surface area (Å²) in [5.74, 6) is 0. The summed E-state index contributed by atoms with van der Waals surface area (Å²) >= 11 is 0. The van der Waals surface area contributed by atoms with Crippen LogP contribution in [0.5, 0.6) is 0 Å². The molecule has 1 aromatic carbocycles. The first-order valence-electron chi connectivity index (χ1n) is 11.9. The average Bonchev–Trinajstić information content (AvgIpc) is 2.82. The molecule has 0 radical (unpaired) electrons. The van der Waals surface area contributed by atoms with Gasteiger partial charge < -0.3 is 4.90 Å². The topological polar surface area (TPSA) is 29.0 Å². The minimum absolute atomic E-state index is 0.0248. The van der Waals surface area contributed by atoms with E-state index in [0.29, 0.717) is 5.54 Å². The summed E-state index contributed by atoms with van der Waals surface area (Å²) in [4.78, 5) is 11.4. The lowest BCUT2D eigenvalue weighted by Crippen LogP contribution is -2.52. The maximum absolute atomic E-state index is 4.53. The second-order valence-electron chi connectivity index (χ2n) is 10.6. The van der Waals surface area contributed by atoms with Gasteiger partial charge in [-0.2, -0.15) is 0 Å². The Labute approximate surface area is 200 Å². The summed E-state index contributed by atoms with van der Waals surface area (Å²) in [7, 11) is 2.17. The zero-order chi connectivity index (χ0) is 24.2. The molecular weight excluding hydrogens is 402 g/mol. The van der Waals surface area contributed by atoms with Gasteiger partial charge in [-0.25, -0.2) is 0 Å². The Balaban J connectivity index is 0.000000374. The molecule has 2 aromatic heterocycles. The largest absolute Gasteiger partial charge is 0.301 e. The van der Waals surface area contributed by atoms with Crippen molar-refractivity contribution in [3.05, 3.63) is 78.4 Å². The van der Waals surface area contributed by atoms with Crippen molar-refractivity contribution < 1.29 is 0 Å². The van der Waals surface area contributed by atoms with Crippen molar-refractivity contribution in [2.24, 2.45) is 0 Å². The van der Waals surface area contributed by atoms with E-state index in [9.17, 15) is 0 Å². The van der Waals surface area contributed by atoms with Gasteiger partial charge in [-0.3, -0.25) is 9.97 Å². The van der Waals surface area contributed by atoms with Crippen molar-refractivity contribution in [1.29, 1.82) is 0 Å². The van der Waals surface area contributed by atoms with Gasteiger partial charge in [0.2, 0.25) is 0 Å². The first kappa shape index (κ1) is 24.9. The Morgan fingerprint density at radius 3 is 2.27 bits per heavy atom. The maximum atomic E-state index is 4.53. The first-order chi connectivity index (χ1) is 15.5. The molecule has 1 aliphatic heterocycles. The van der Waals surface area contributed by atoms with Crippen LogP contribution in [-0.4, -0.2) is 34.0 Å². The number of nitrogens with zero attached hydrogens (tertiary/aromatic N) is 3. The van der Waals surface area contributed by atoms with Gasteiger partial charge in [0.15, 0.2) is 0 Å². The molecule has 0 amide bonds. The number of aryl methyl sites for hydroxylation is 1. The second kappa shape index (κ2) is 10.0. The molecule has 4 rings (SSSR count). The van der Waals surface area contributed by atoms with Gasteiger partial charge in [0.25, 0.3) is 0 Å². The van der Waals surface area contributed by atoms with Crippen LogP contribution in [0.3, 0.4) is 0 Å². The van der Waals surface area contributed by atoms with Crippen molar-refractivity contribution >= 4 is 6.08 Å². The second-order valence-corrected chi connectivity index (χ2v) is 10.6. The minimum Gasteiger partial charge on any atom is -0.301 e. The molecule has 1 saturated heterocycles. The highest BCUT2D eigenvalue weighted by molar-refractivity contribution is 5.74. The third-order valence-electron chi connectivity index (χ3n) is 6.75. The number of aromatic nitrogens is 2. The van der Waals surface area contributed by atoms with E-state index in [0.717, 1.165) is 34.4 Å². The summed E-state index contributed by atoms with van der Waals surface area (Å²) in [5, 5.41) is 0. The highest BCUT2D eigenvalue weighted by Gasteiger charge is 2.31. The molecule has 174 valence electrons. The molecule has 3 aromatic rings. The van der Waals surface area contributed by atoms with E-state index < -0.39 is 0 Å². The van der Waals surface area contributed by atoms with Gasteiger partial charge in [-0.1, -0.05) is 58.5 Å². The van der Waals surface area contributed by atoms with Gasteiger partial charge in [-0.05, 0) is 74.2 Å². The molecule has 1 fully saturated rings. The van der Waals surface area contributed by atoms with Crippen LogP contribution in [-0.2, 0) is 11.8 Å². The quantitative estimate of drug-likeness (QED) is 0.422. The molecule has 3 heterocycles. The molecule has 0 spiro atoms. The fourth-order valence-corrected chi connectivity index (χ4v) is 3.86. The zero-order valence-corrected chi connectivity index (χ0v) is 21.4. The SMILES string of the molecule is C=Cc1ccc(-c2cncc(-c3ccnc(C(C)(C)C)c3)c2)c(CC)c1.CN1CCC1(C)C. The van der Waals surface area contributed by atoms with Gasteiger partial charge >= 0.3 is 0 Å². The fraction of sp³-hybridized carbons (Fsp3) is 0.400. The molecule has 0 bridgehead atoms. The molecule has 0 atom stereocenters. The predicted molar refractivity (Wildman–Crippen MR) is 142 cm³/mol. The van der Waals surface area contributed by atoms with E-state index >= 15 is 0 Å². The molecule has 0 unspecified atom stereocenters. The van der Waals surface area contributed by atoms with Crippen molar-refractivity contribution in [3.8, 4) is 22.3 Å². The molecular formula is C30H39N3. The van der Waals surface area contributed by atoms with Crippen LogP contribution < -0.4 is 0 Å². The van der Waals surface area contributed by atoms with Gasteiger partial charge in [0.05, 0.1) is 0 Å². The number of hydrogen-bond acceptors (Lipinski definition) is 3. The lowest BCUT2D eigenvalue weighted by molar-refractivity contribution is 0.0451. The summed E-state index contributed by atoms with van der Waals surface area (Å²) in [6, 6.07) is 12.9. The van der Waals surface area contributed by atoms with Crippen LogP contribution in [0.25, 0.3) is 28.3 Å². The predicted octanol–water partition coefficient (Wildman–Crippen LogP) is 7.41. The highest BCUT2D eigenvalue weighted by Crippen LogP contribution is 2.30. The lowest BCUT2D eigenvalue weighted by Gasteiger charge is -2.45. The van der Waals surface area contributed by atoms with E-state index in [2.05, 4.69) is 106 Å². The number of pyridine rings is 2. The monoisotopic (exact) mass is 441 g/mol. The van der Waals surface area contributed by atoms with E-state index in [1.807, 2.05) is 24.7 Å². The van der Waals surface area contributed by atoms with E-state index in [4.69, 9.17) is 0 Å². The van der Waals surface area contributed by atoms with Crippen molar-refractivity contribution in [2.75, 3.05) is 13.6 Å². The molecule has 3 heteroatoms. The van der Waals surface area contributed by atoms with E-state index in [1.165, 1.54) is 24.1 Å². The normalized spacial score (nSPS) is 15.2. The number of hydrogen-bond donors (Lipinski definition) is 0. The van der Waals surface area contributed by atoms with Crippen molar-refractivity contribution in [2.45, 2.75) is 65.3 Å². The maximum Gasteiger partial charge on any atom is 0.0463 e. The third kappa shape index (κ3) is 5.97. The average molecular weight is 442 g/mol. The number of likely N-dealkylation sites (tertiary alicyclic amines) is 1. The Bertz CT molecular complexity index is 1110. The van der Waals surface area contributed by atoms with Crippen molar-refractivity contribution in [3.63, 3.8) is 0 Å². The van der Waals surface area contributed by atoms with Crippen LogP contribution >= 0.6 is 0 Å². The summed E-state index contributed by atoms with van der Waals surface area (Å²) < 4.78 is 0. The summed E-state index contributed by atoms with van der Waals surface area (Å²) in [6.07, 6.45) is 9.99. The van der Waals surface area contributed by atoms with Crippen LogP contribution in [0.2, 0.25) is 0 Å². The molecule has 0 N–H and O–H groups in total. The van der Waals surface area contributed by atoms with Crippen LogP contribution in [0.4, 0.5) is 0 Å². The highest BCUT2D eigenvalue weighted by atomic mass is 15.2. The summed E-state index contributed by atoms with van der Waals surface area (Å²) in [5.41, 5.74) is 8.73. The minimum atomic E-state index is 0.0248. The van der Waals surface area contributed by atoms with E-state index in [1.54, 1.807) is 0 Å². The van der Waals surface area contributed by atoms with Gasteiger partial charge in [0.1, 0.15) is 0 Å². The number of benzene rings is 1. The molecule has 0 aliphatic carbocycles. The zero-order valence-electron chi connectivity index (χ0n) is 21.4. The van der Waals surface area contributed by atoms with Crippen LogP contribution in [0, 0.1) is 0 Å². The Morgan fingerprint density at radius 1 is 1.03 bits per heavy atom. The number of rotatable bonds is 4. The van der Waals surface area contributed by atoms with Crippen LogP contribution in [0.1, 0.15) is 64.8 Å². The van der Waals surface area contributed by atoms with Crippen LogP contribution in [0.15, 0.2) is 61.6 Å². The molecule has 0 saturated carbocycles. The Morgan fingerprint density at radius 2 is 1.73 bits per heavy atom. The lowest BCUT2D eigenvalue weighted by atomic mass is 9.90. The fourth-order valence-electron chi connectivity index (χ4n) is 3.86. The molecule has 3 nitrogen and oxygen atoms in total. The van der Waals surface area contributed by atoms with Gasteiger partial charge in [-0.15, -0.1) is 0 Å². The Hall–Kier alpha value is -2.78. The first-order valence-corrected chi connectivity index (χ1v) is 11.9. The Kier molecular flexibility index (Phi) is 7.54. The summed E-state index contributed by atoms with van der Waals surface area (Å²) in [6.45, 7) is 18.4. The van der Waals surface area contributed by atoms with Gasteiger partial charge in [0, 0.05) is 52.9 Å².